The van der Waals surface area contributed by atoms with E-state index in [4.69, 9.17) is 5.73 Å². The summed E-state index contributed by atoms with van der Waals surface area (Å²) in [4.78, 5) is 25.4. The van der Waals surface area contributed by atoms with Gasteiger partial charge in [-0.25, -0.2) is 0 Å². The summed E-state index contributed by atoms with van der Waals surface area (Å²) in [6.07, 6.45) is 0. The lowest BCUT2D eigenvalue weighted by Crippen LogP contribution is -2.05. The fourth-order valence-electron chi connectivity index (χ4n) is 2.29. The molecule has 0 radical (unpaired) electrons. The number of nitrogens with one attached hydrogen (secondary N) is 1. The zero-order valence-corrected chi connectivity index (χ0v) is 11.2. The van der Waals surface area contributed by atoms with Crippen molar-refractivity contribution in [2.24, 2.45) is 0 Å². The number of para-hydroxylation sites is 1. The van der Waals surface area contributed by atoms with Gasteiger partial charge in [0.05, 0.1) is 10.6 Å². The molecule has 0 amide bonds. The van der Waals surface area contributed by atoms with Gasteiger partial charge < -0.3 is 15.8 Å². The summed E-state index contributed by atoms with van der Waals surface area (Å²) in [6, 6.07) is 10.8. The summed E-state index contributed by atoms with van der Waals surface area (Å²) in [5.41, 5.74) is 5.69. The number of aromatic hydroxyl groups is 1. The monoisotopic (exact) mass is 297 g/mol. The number of nitro groups is 1. The van der Waals surface area contributed by atoms with Crippen LogP contribution in [-0.4, -0.2) is 15.0 Å². The maximum Gasteiger partial charge on any atom is 0.292 e. The van der Waals surface area contributed by atoms with Crippen LogP contribution >= 0.6 is 0 Å². The molecule has 0 aliphatic carbocycles. The highest BCUT2D eigenvalue weighted by Crippen LogP contribution is 2.31. The Labute approximate surface area is 123 Å². The number of rotatable bonds is 2. The summed E-state index contributed by atoms with van der Waals surface area (Å²) in [7, 11) is 0. The Kier molecular flexibility index (Phi) is 3.03. The molecule has 1 aromatic heterocycles. The highest BCUT2D eigenvalue weighted by Gasteiger charge is 2.17. The van der Waals surface area contributed by atoms with Gasteiger partial charge in [0.1, 0.15) is 5.69 Å². The van der Waals surface area contributed by atoms with Gasteiger partial charge in [-0.3, -0.25) is 14.9 Å². The molecule has 7 nitrogen and oxygen atoms in total. The van der Waals surface area contributed by atoms with Gasteiger partial charge in [0, 0.05) is 22.5 Å². The molecule has 3 aromatic rings. The minimum atomic E-state index is -0.616. The van der Waals surface area contributed by atoms with E-state index in [0.29, 0.717) is 16.5 Å². The smallest absolute Gasteiger partial charge is 0.292 e. The number of H-pyrrole nitrogens is 1. The van der Waals surface area contributed by atoms with Crippen molar-refractivity contribution in [1.82, 2.24) is 4.98 Å². The molecule has 0 atom stereocenters. The number of aromatic amines is 1. The highest BCUT2D eigenvalue weighted by molar-refractivity contribution is 5.85. The van der Waals surface area contributed by atoms with E-state index in [0.717, 1.165) is 0 Å². The third-order valence-corrected chi connectivity index (χ3v) is 3.40. The fourth-order valence-corrected chi connectivity index (χ4v) is 2.29. The number of nitrogens with zero attached hydrogens (tertiary/aromatic N) is 1. The Hall–Kier alpha value is -3.35. The molecule has 2 aromatic carbocycles. The molecular weight excluding hydrogens is 286 g/mol. The number of hydrogen-bond acceptors (Lipinski definition) is 5. The van der Waals surface area contributed by atoms with Crippen molar-refractivity contribution < 1.29 is 10.0 Å². The van der Waals surface area contributed by atoms with Crippen LogP contribution in [0.1, 0.15) is 0 Å². The van der Waals surface area contributed by atoms with Crippen LogP contribution in [0.3, 0.4) is 0 Å². The molecule has 22 heavy (non-hydrogen) atoms. The van der Waals surface area contributed by atoms with Crippen LogP contribution in [-0.2, 0) is 0 Å². The van der Waals surface area contributed by atoms with Crippen LogP contribution in [0.25, 0.3) is 22.2 Å². The molecule has 0 unspecified atom stereocenters. The van der Waals surface area contributed by atoms with E-state index in [1.165, 1.54) is 18.2 Å². The van der Waals surface area contributed by atoms with Crippen molar-refractivity contribution in [2.45, 2.75) is 0 Å². The first-order valence-corrected chi connectivity index (χ1v) is 6.37. The molecule has 0 saturated heterocycles. The largest absolute Gasteiger partial charge is 0.503 e. The van der Waals surface area contributed by atoms with E-state index in [1.807, 2.05) is 0 Å². The quantitative estimate of drug-likeness (QED) is 0.381. The third-order valence-electron chi connectivity index (χ3n) is 3.40. The van der Waals surface area contributed by atoms with Gasteiger partial charge in [-0.15, -0.1) is 0 Å². The molecule has 0 fully saturated rings. The number of nitrogens with two attached hydrogens (primary N) is 1. The number of pyridine rings is 1. The van der Waals surface area contributed by atoms with E-state index < -0.39 is 16.1 Å². The molecule has 0 bridgehead atoms. The van der Waals surface area contributed by atoms with Crippen LogP contribution in [0, 0.1) is 10.1 Å². The average Bonchev–Trinajstić information content (AvgIpc) is 2.51. The Bertz CT molecular complexity index is 963. The topological polar surface area (TPSA) is 122 Å². The Morgan fingerprint density at radius 1 is 1.18 bits per heavy atom. The predicted octanol–water partition coefficient (Wildman–Crippen LogP) is 2.39. The maximum atomic E-state index is 12.2. The first-order valence-electron chi connectivity index (χ1n) is 6.37. The molecule has 0 aliphatic heterocycles. The van der Waals surface area contributed by atoms with Crippen LogP contribution in [0.4, 0.5) is 11.4 Å². The first kappa shape index (κ1) is 13.6. The molecule has 3 rings (SSSR count). The summed E-state index contributed by atoms with van der Waals surface area (Å²) in [5, 5.41) is 21.4. The third kappa shape index (κ3) is 2.05. The minimum absolute atomic E-state index is 0.0105. The van der Waals surface area contributed by atoms with Crippen LogP contribution in [0.15, 0.2) is 47.3 Å². The van der Waals surface area contributed by atoms with Crippen LogP contribution < -0.4 is 11.2 Å². The number of nitro benzene ring substituents is 1. The van der Waals surface area contributed by atoms with Gasteiger partial charge >= 0.3 is 0 Å². The molecule has 0 spiro atoms. The van der Waals surface area contributed by atoms with Crippen molar-refractivity contribution in [2.75, 3.05) is 5.73 Å². The lowest BCUT2D eigenvalue weighted by Gasteiger charge is -2.08. The lowest BCUT2D eigenvalue weighted by molar-refractivity contribution is -0.383. The molecule has 7 heteroatoms. The zero-order chi connectivity index (χ0) is 15.9. The SMILES string of the molecule is Nc1ccc(-c2[nH]c3ccccc3c(=O)c2O)cc1[N+](=O)[O-]. The van der Waals surface area contributed by atoms with Gasteiger partial charge in [-0.05, 0) is 18.2 Å². The number of aromatic nitrogens is 1. The number of hydrogen-bond donors (Lipinski definition) is 3. The first-order chi connectivity index (χ1) is 10.5. The molecule has 4 N–H and O–H groups in total. The van der Waals surface area contributed by atoms with E-state index in [-0.39, 0.29) is 17.1 Å². The van der Waals surface area contributed by atoms with Crippen LogP contribution in [0.5, 0.6) is 5.75 Å². The summed E-state index contributed by atoms with van der Waals surface area (Å²) in [5.74, 6) is -0.488. The molecule has 110 valence electrons. The standard InChI is InChI=1S/C15H11N3O4/c16-10-6-5-8(7-12(10)18(21)22)13-15(20)14(19)9-3-1-2-4-11(9)17-13/h1-7,20H,16H2,(H,17,19). The van der Waals surface area contributed by atoms with Crippen LogP contribution in [0.2, 0.25) is 0 Å². The highest BCUT2D eigenvalue weighted by atomic mass is 16.6. The van der Waals surface area contributed by atoms with Crippen molar-refractivity contribution in [3.05, 3.63) is 62.8 Å². The minimum Gasteiger partial charge on any atom is -0.503 e. The van der Waals surface area contributed by atoms with Gasteiger partial charge in [0.25, 0.3) is 5.69 Å². The number of fused-ring (bicyclic) bond motifs is 1. The predicted molar refractivity (Wildman–Crippen MR) is 82.7 cm³/mol. The van der Waals surface area contributed by atoms with E-state index in [2.05, 4.69) is 4.98 Å². The summed E-state index contributed by atoms with van der Waals surface area (Å²) in [6.45, 7) is 0. The second-order valence-corrected chi connectivity index (χ2v) is 4.75. The van der Waals surface area contributed by atoms with Gasteiger partial charge in [0.15, 0.2) is 5.75 Å². The fraction of sp³-hybridized carbons (Fsp3) is 0. The normalized spacial score (nSPS) is 10.7. The lowest BCUT2D eigenvalue weighted by atomic mass is 10.1. The molecular formula is C15H11N3O4. The van der Waals surface area contributed by atoms with Crippen molar-refractivity contribution >= 4 is 22.3 Å². The van der Waals surface area contributed by atoms with Crippen molar-refractivity contribution in [1.29, 1.82) is 0 Å². The van der Waals surface area contributed by atoms with Gasteiger partial charge in [-0.1, -0.05) is 18.2 Å². The Morgan fingerprint density at radius 2 is 1.91 bits per heavy atom. The summed E-state index contributed by atoms with van der Waals surface area (Å²) >= 11 is 0. The van der Waals surface area contributed by atoms with E-state index >= 15 is 0 Å². The van der Waals surface area contributed by atoms with Crippen molar-refractivity contribution in [3.8, 4) is 17.0 Å². The Balaban J connectivity index is 2.31. The number of benzene rings is 2. The van der Waals surface area contributed by atoms with E-state index in [9.17, 15) is 20.0 Å². The van der Waals surface area contributed by atoms with Gasteiger partial charge in [-0.2, -0.15) is 0 Å². The van der Waals surface area contributed by atoms with Crippen molar-refractivity contribution in [3.63, 3.8) is 0 Å². The maximum absolute atomic E-state index is 12.2. The molecule has 0 aliphatic rings. The average molecular weight is 297 g/mol. The zero-order valence-electron chi connectivity index (χ0n) is 11.2. The Morgan fingerprint density at radius 3 is 2.64 bits per heavy atom. The van der Waals surface area contributed by atoms with Gasteiger partial charge in [0.2, 0.25) is 5.43 Å². The molecule has 0 saturated carbocycles. The number of anilines is 1. The van der Waals surface area contributed by atoms with E-state index in [1.54, 1.807) is 24.3 Å². The molecule has 1 heterocycles. The second-order valence-electron chi connectivity index (χ2n) is 4.75. The summed E-state index contributed by atoms with van der Waals surface area (Å²) < 4.78 is 0. The number of nitrogen functional groups attached to an aromatic ring is 1. The second kappa shape index (κ2) is 4.88.